The van der Waals surface area contributed by atoms with Gasteiger partial charge in [0.05, 0.1) is 10.9 Å². The Morgan fingerprint density at radius 1 is 0.880 bits per heavy atom. The van der Waals surface area contributed by atoms with Gasteiger partial charge in [0.15, 0.2) is 0 Å². The van der Waals surface area contributed by atoms with Crippen molar-refractivity contribution in [3.05, 3.63) is 94.8 Å². The highest BCUT2D eigenvalue weighted by atomic mass is 16.5. The zero-order chi connectivity index (χ0) is 17.1. The summed E-state index contributed by atoms with van der Waals surface area (Å²) in [5.74, 6) is 1.27. The summed E-state index contributed by atoms with van der Waals surface area (Å²) in [5.41, 5.74) is 2.45. The highest BCUT2D eigenvalue weighted by Crippen LogP contribution is 2.22. The molecule has 0 saturated carbocycles. The third-order valence-corrected chi connectivity index (χ3v) is 3.97. The quantitative estimate of drug-likeness (QED) is 0.612. The fraction of sp³-hybridized carbons (Fsp3) is 0.0476. The van der Waals surface area contributed by atoms with Crippen LogP contribution in [0.25, 0.3) is 22.3 Å². The molecule has 0 aliphatic heterocycles. The van der Waals surface area contributed by atoms with Crippen molar-refractivity contribution in [1.82, 2.24) is 9.97 Å². The lowest BCUT2D eigenvalue weighted by Crippen LogP contribution is -2.09. The van der Waals surface area contributed by atoms with Gasteiger partial charge in [0.25, 0.3) is 5.56 Å². The molecule has 1 N–H and O–H groups in total. The second kappa shape index (κ2) is 6.61. The molecule has 0 unspecified atom stereocenters. The van der Waals surface area contributed by atoms with Gasteiger partial charge in [-0.15, -0.1) is 0 Å². The first-order valence-corrected chi connectivity index (χ1v) is 8.06. The maximum atomic E-state index is 12.2. The van der Waals surface area contributed by atoms with E-state index in [9.17, 15) is 4.79 Å². The molecule has 0 spiro atoms. The van der Waals surface area contributed by atoms with Crippen molar-refractivity contribution in [2.24, 2.45) is 0 Å². The van der Waals surface area contributed by atoms with Gasteiger partial charge in [-0.1, -0.05) is 54.6 Å². The van der Waals surface area contributed by atoms with Crippen LogP contribution in [-0.4, -0.2) is 9.97 Å². The topological polar surface area (TPSA) is 55.0 Å². The van der Waals surface area contributed by atoms with Crippen molar-refractivity contribution < 1.29 is 4.74 Å². The molecule has 4 rings (SSSR count). The van der Waals surface area contributed by atoms with Gasteiger partial charge < -0.3 is 9.72 Å². The van der Waals surface area contributed by atoms with Crippen molar-refractivity contribution in [1.29, 1.82) is 0 Å². The molecule has 0 atom stereocenters. The van der Waals surface area contributed by atoms with E-state index in [-0.39, 0.29) is 5.56 Å². The molecule has 1 aromatic heterocycles. The summed E-state index contributed by atoms with van der Waals surface area (Å²) >= 11 is 0. The lowest BCUT2D eigenvalue weighted by atomic mass is 10.2. The molecule has 4 nitrogen and oxygen atoms in total. The van der Waals surface area contributed by atoms with Crippen LogP contribution in [0.1, 0.15) is 5.56 Å². The molecular weight excluding hydrogens is 312 g/mol. The second-order valence-corrected chi connectivity index (χ2v) is 5.73. The summed E-state index contributed by atoms with van der Waals surface area (Å²) in [5, 5.41) is 0.586. The Morgan fingerprint density at radius 2 is 1.68 bits per heavy atom. The predicted molar refractivity (Wildman–Crippen MR) is 98.6 cm³/mol. The zero-order valence-electron chi connectivity index (χ0n) is 13.5. The molecule has 0 aliphatic rings. The molecule has 0 radical (unpaired) electrons. The normalized spacial score (nSPS) is 10.7. The molecule has 4 heteroatoms. The van der Waals surface area contributed by atoms with Gasteiger partial charge in [-0.2, -0.15) is 0 Å². The number of hydrogen-bond acceptors (Lipinski definition) is 3. The van der Waals surface area contributed by atoms with E-state index in [1.165, 1.54) is 0 Å². The van der Waals surface area contributed by atoms with Gasteiger partial charge in [0.2, 0.25) is 0 Å². The van der Waals surface area contributed by atoms with E-state index in [0.29, 0.717) is 23.3 Å². The molecule has 122 valence electrons. The number of rotatable bonds is 4. The Bertz CT molecular complexity index is 1070. The standard InChI is InChI=1S/C21H16N2O2/c24-21-18-11-4-5-12-19(18)22-20(23-21)16-9-6-10-17(13-16)25-14-15-7-2-1-3-8-15/h1-13H,14H2,(H,22,23,24). The zero-order valence-corrected chi connectivity index (χ0v) is 13.5. The number of ether oxygens (including phenoxy) is 1. The molecule has 25 heavy (non-hydrogen) atoms. The number of para-hydroxylation sites is 1. The summed E-state index contributed by atoms with van der Waals surface area (Å²) in [6.45, 7) is 0.492. The van der Waals surface area contributed by atoms with Gasteiger partial charge in [-0.25, -0.2) is 4.98 Å². The van der Waals surface area contributed by atoms with Crippen molar-refractivity contribution in [2.75, 3.05) is 0 Å². The Labute approximate surface area is 144 Å². The van der Waals surface area contributed by atoms with Gasteiger partial charge in [0.1, 0.15) is 18.2 Å². The number of nitrogens with zero attached hydrogens (tertiary/aromatic N) is 1. The Balaban J connectivity index is 1.64. The van der Waals surface area contributed by atoms with Crippen LogP contribution in [0, 0.1) is 0 Å². The Kier molecular flexibility index (Phi) is 4.01. The molecular formula is C21H16N2O2. The van der Waals surface area contributed by atoms with E-state index in [0.717, 1.165) is 16.9 Å². The minimum Gasteiger partial charge on any atom is -0.489 e. The van der Waals surface area contributed by atoms with Crippen molar-refractivity contribution in [3.8, 4) is 17.1 Å². The van der Waals surface area contributed by atoms with Crippen LogP contribution in [0.3, 0.4) is 0 Å². The average Bonchev–Trinajstić information content (AvgIpc) is 2.67. The first kappa shape index (κ1) is 15.1. The third-order valence-electron chi connectivity index (χ3n) is 3.97. The summed E-state index contributed by atoms with van der Waals surface area (Å²) in [6.07, 6.45) is 0. The number of hydrogen-bond donors (Lipinski definition) is 1. The Morgan fingerprint density at radius 3 is 2.56 bits per heavy atom. The highest BCUT2D eigenvalue weighted by Gasteiger charge is 2.06. The van der Waals surface area contributed by atoms with Crippen molar-refractivity contribution in [3.63, 3.8) is 0 Å². The van der Waals surface area contributed by atoms with Crippen LogP contribution >= 0.6 is 0 Å². The molecule has 0 fully saturated rings. The molecule has 0 saturated heterocycles. The number of aromatic amines is 1. The average molecular weight is 328 g/mol. The fourth-order valence-corrected chi connectivity index (χ4v) is 2.70. The summed E-state index contributed by atoms with van der Waals surface area (Å²) < 4.78 is 5.85. The fourth-order valence-electron chi connectivity index (χ4n) is 2.70. The maximum absolute atomic E-state index is 12.2. The van der Waals surface area contributed by atoms with Crippen LogP contribution in [-0.2, 0) is 6.61 Å². The van der Waals surface area contributed by atoms with E-state index in [1.807, 2.05) is 72.8 Å². The van der Waals surface area contributed by atoms with Crippen molar-refractivity contribution in [2.45, 2.75) is 6.61 Å². The molecule has 1 heterocycles. The van der Waals surface area contributed by atoms with Gasteiger partial charge in [-0.05, 0) is 29.8 Å². The van der Waals surface area contributed by atoms with Gasteiger partial charge >= 0.3 is 0 Å². The number of nitrogens with one attached hydrogen (secondary N) is 1. The number of benzene rings is 3. The molecule has 4 aromatic rings. The first-order chi connectivity index (χ1) is 12.3. The highest BCUT2D eigenvalue weighted by molar-refractivity contribution is 5.79. The lowest BCUT2D eigenvalue weighted by Gasteiger charge is -2.08. The summed E-state index contributed by atoms with van der Waals surface area (Å²) in [6, 6.07) is 24.9. The minimum absolute atomic E-state index is 0.142. The number of fused-ring (bicyclic) bond motifs is 1. The molecule has 3 aromatic carbocycles. The minimum atomic E-state index is -0.142. The number of aromatic nitrogens is 2. The van der Waals surface area contributed by atoms with E-state index in [1.54, 1.807) is 6.07 Å². The predicted octanol–water partition coefficient (Wildman–Crippen LogP) is 4.17. The van der Waals surface area contributed by atoms with Crippen LogP contribution in [0.15, 0.2) is 83.7 Å². The first-order valence-electron chi connectivity index (χ1n) is 8.06. The summed E-state index contributed by atoms with van der Waals surface area (Å²) in [4.78, 5) is 19.6. The monoisotopic (exact) mass is 328 g/mol. The largest absolute Gasteiger partial charge is 0.489 e. The SMILES string of the molecule is O=c1[nH]c(-c2cccc(OCc3ccccc3)c2)nc2ccccc12. The smallest absolute Gasteiger partial charge is 0.259 e. The third kappa shape index (κ3) is 3.28. The molecule has 0 bridgehead atoms. The van der Waals surface area contributed by atoms with Crippen molar-refractivity contribution >= 4 is 10.9 Å². The summed E-state index contributed by atoms with van der Waals surface area (Å²) in [7, 11) is 0. The van der Waals surface area contributed by atoms with E-state index >= 15 is 0 Å². The van der Waals surface area contributed by atoms with Gasteiger partial charge in [-0.3, -0.25) is 4.79 Å². The van der Waals surface area contributed by atoms with E-state index in [4.69, 9.17) is 4.74 Å². The number of H-pyrrole nitrogens is 1. The van der Waals surface area contributed by atoms with E-state index < -0.39 is 0 Å². The van der Waals surface area contributed by atoms with E-state index in [2.05, 4.69) is 9.97 Å². The molecule has 0 amide bonds. The van der Waals surface area contributed by atoms with Crippen LogP contribution in [0.2, 0.25) is 0 Å². The molecule has 0 aliphatic carbocycles. The lowest BCUT2D eigenvalue weighted by molar-refractivity contribution is 0.306. The van der Waals surface area contributed by atoms with Crippen LogP contribution in [0.4, 0.5) is 0 Å². The van der Waals surface area contributed by atoms with Crippen LogP contribution < -0.4 is 10.3 Å². The second-order valence-electron chi connectivity index (χ2n) is 5.73. The van der Waals surface area contributed by atoms with Gasteiger partial charge in [0, 0.05) is 5.56 Å². The maximum Gasteiger partial charge on any atom is 0.259 e. The van der Waals surface area contributed by atoms with Crippen LogP contribution in [0.5, 0.6) is 5.75 Å². The Hall–Kier alpha value is -3.40.